The second-order valence-electron chi connectivity index (χ2n) is 6.96. The number of hydrogen-bond donors (Lipinski definition) is 3. The lowest BCUT2D eigenvalue weighted by Crippen LogP contribution is -1.91. The predicted molar refractivity (Wildman–Crippen MR) is 129 cm³/mol. The number of hydrogen-bond acceptors (Lipinski definition) is 5. The van der Waals surface area contributed by atoms with E-state index in [0.717, 1.165) is 27.8 Å². The first kappa shape index (κ1) is 23.8. The average Bonchev–Trinajstić information content (AvgIpc) is 2.83. The van der Waals surface area contributed by atoms with Gasteiger partial charge >= 0.3 is 11.9 Å². The van der Waals surface area contributed by atoms with Crippen molar-refractivity contribution in [3.05, 3.63) is 102 Å². The molecule has 7 nitrogen and oxygen atoms in total. The maximum Gasteiger partial charge on any atom is 0.328 e. The van der Waals surface area contributed by atoms with Crippen molar-refractivity contribution in [2.45, 2.75) is 0 Å². The van der Waals surface area contributed by atoms with Gasteiger partial charge in [-0.15, -0.1) is 0 Å². The monoisotopic (exact) mass is 457 g/mol. The van der Waals surface area contributed by atoms with E-state index >= 15 is 0 Å². The lowest BCUT2D eigenvalue weighted by Gasteiger charge is -2.10. The van der Waals surface area contributed by atoms with Gasteiger partial charge in [0, 0.05) is 29.4 Å². The fraction of sp³-hybridized carbons (Fsp3) is 0. The number of carbonyl (C=O) groups is 2. The Morgan fingerprint density at radius 3 is 2.21 bits per heavy atom. The first-order chi connectivity index (χ1) is 16.3. The van der Waals surface area contributed by atoms with Crippen LogP contribution in [0.4, 0.5) is 10.1 Å². The molecule has 0 saturated carbocycles. The second kappa shape index (κ2) is 11.1. The minimum Gasteiger partial charge on any atom is -0.478 e. The molecule has 0 radical (unpaired) electrons. The number of fused-ring (bicyclic) bond motifs is 1. The molecule has 4 N–H and O–H groups in total. The zero-order valence-corrected chi connectivity index (χ0v) is 17.8. The Hall–Kier alpha value is -4.85. The van der Waals surface area contributed by atoms with Gasteiger partial charge in [0.2, 0.25) is 0 Å². The summed E-state index contributed by atoms with van der Waals surface area (Å²) in [6, 6.07) is 18.4. The molecule has 4 rings (SSSR count). The molecule has 170 valence electrons. The summed E-state index contributed by atoms with van der Waals surface area (Å²) in [7, 11) is 0. The highest BCUT2D eigenvalue weighted by Gasteiger charge is 2.08. The molecule has 0 bridgehead atoms. The Morgan fingerprint density at radius 2 is 1.59 bits per heavy atom. The van der Waals surface area contributed by atoms with E-state index in [-0.39, 0.29) is 5.82 Å². The summed E-state index contributed by atoms with van der Waals surface area (Å²) in [5, 5.41) is 17.1. The molecule has 8 heteroatoms. The van der Waals surface area contributed by atoms with Crippen LogP contribution in [0.25, 0.3) is 34.1 Å². The Kier molecular flexibility index (Phi) is 7.80. The van der Waals surface area contributed by atoms with Crippen LogP contribution < -0.4 is 5.73 Å². The van der Waals surface area contributed by atoms with Gasteiger partial charge in [-0.3, -0.25) is 0 Å². The highest BCUT2D eigenvalue weighted by Crippen LogP contribution is 2.32. The summed E-state index contributed by atoms with van der Waals surface area (Å²) >= 11 is 0. The molecule has 34 heavy (non-hydrogen) atoms. The van der Waals surface area contributed by atoms with Gasteiger partial charge in [-0.25, -0.2) is 23.9 Å². The van der Waals surface area contributed by atoms with Crippen molar-refractivity contribution in [2.24, 2.45) is 0 Å². The predicted octanol–water partition coefficient (Wildman–Crippen LogP) is 4.90. The molecule has 0 fully saturated rings. The fourth-order valence-corrected chi connectivity index (χ4v) is 3.13. The van der Waals surface area contributed by atoms with E-state index in [1.165, 1.54) is 12.4 Å². The van der Waals surface area contributed by atoms with Crippen molar-refractivity contribution in [1.29, 1.82) is 0 Å². The van der Waals surface area contributed by atoms with Crippen molar-refractivity contribution in [3.8, 4) is 11.1 Å². The zero-order valence-electron chi connectivity index (χ0n) is 17.8. The van der Waals surface area contributed by atoms with E-state index in [2.05, 4.69) is 9.97 Å². The molecule has 3 aromatic carbocycles. The van der Waals surface area contributed by atoms with Crippen molar-refractivity contribution in [2.75, 3.05) is 5.73 Å². The largest absolute Gasteiger partial charge is 0.478 e. The van der Waals surface area contributed by atoms with E-state index in [4.69, 9.17) is 15.9 Å². The maximum absolute atomic E-state index is 14.0. The molecule has 0 atom stereocenters. The topological polar surface area (TPSA) is 126 Å². The highest BCUT2D eigenvalue weighted by molar-refractivity contribution is 5.97. The Balaban J connectivity index is 0.000000350. The summed E-state index contributed by atoms with van der Waals surface area (Å²) < 4.78 is 14.0. The first-order valence-electron chi connectivity index (χ1n) is 10.0. The van der Waals surface area contributed by atoms with Crippen LogP contribution in [0.3, 0.4) is 0 Å². The normalized spacial score (nSPS) is 10.9. The van der Waals surface area contributed by atoms with Crippen molar-refractivity contribution in [3.63, 3.8) is 0 Å². The Bertz CT molecular complexity index is 1370. The van der Waals surface area contributed by atoms with Crippen LogP contribution in [0.2, 0.25) is 0 Å². The van der Waals surface area contributed by atoms with E-state index < -0.39 is 11.9 Å². The number of carboxylic acids is 2. The van der Waals surface area contributed by atoms with Crippen LogP contribution in [0.1, 0.15) is 11.3 Å². The third-order valence-electron chi connectivity index (χ3n) is 4.68. The molecule has 1 aromatic heterocycles. The van der Waals surface area contributed by atoms with Crippen LogP contribution in [-0.2, 0) is 9.59 Å². The quantitative estimate of drug-likeness (QED) is 0.287. The molecule has 0 unspecified atom stereocenters. The number of rotatable bonds is 5. The van der Waals surface area contributed by atoms with Gasteiger partial charge < -0.3 is 15.9 Å². The standard InChI is InChI=1S/C22H16FN3.C4H4O4/c23-21-10-9-18(19-3-1-2-4-20(19)21)16-6-5-15(22(24)13-16)7-8-17-11-12-25-14-26-17;5-3(6)1-2-4(7)8/h1-14H,24H2;1-2H,(H,5,6)(H,7,8)/b;2-1-. The van der Waals surface area contributed by atoms with Crippen LogP contribution in [0.15, 0.2) is 85.3 Å². The lowest BCUT2D eigenvalue weighted by atomic mass is 9.96. The molecule has 0 saturated heterocycles. The van der Waals surface area contributed by atoms with Gasteiger partial charge in [-0.2, -0.15) is 0 Å². The van der Waals surface area contributed by atoms with E-state index in [1.807, 2.05) is 54.6 Å². The van der Waals surface area contributed by atoms with Crippen molar-refractivity contribution in [1.82, 2.24) is 9.97 Å². The smallest absolute Gasteiger partial charge is 0.328 e. The number of aromatic nitrogens is 2. The molecular weight excluding hydrogens is 437 g/mol. The summed E-state index contributed by atoms with van der Waals surface area (Å²) in [4.78, 5) is 27.2. The number of anilines is 1. The van der Waals surface area contributed by atoms with Crippen molar-refractivity contribution >= 4 is 40.6 Å². The number of carboxylic acid groups (broad SMARTS) is 2. The fourth-order valence-electron chi connectivity index (χ4n) is 3.13. The van der Waals surface area contributed by atoms with Crippen molar-refractivity contribution < 1.29 is 24.2 Å². The second-order valence-corrected chi connectivity index (χ2v) is 6.96. The number of benzene rings is 3. The number of nitrogen functional groups attached to an aromatic ring is 1. The van der Waals surface area contributed by atoms with Gasteiger partial charge in [0.05, 0.1) is 5.69 Å². The first-order valence-corrected chi connectivity index (χ1v) is 10.0. The molecule has 0 spiro atoms. The number of nitrogens with two attached hydrogens (primary N) is 1. The maximum atomic E-state index is 14.0. The van der Waals surface area contributed by atoms with Crippen LogP contribution >= 0.6 is 0 Å². The molecule has 0 aliphatic rings. The van der Waals surface area contributed by atoms with E-state index in [9.17, 15) is 14.0 Å². The summed E-state index contributed by atoms with van der Waals surface area (Å²) in [5.74, 6) is -2.73. The highest BCUT2D eigenvalue weighted by atomic mass is 19.1. The SMILES string of the molecule is Nc1cc(-c2ccc(F)c3ccccc23)ccc1C=Cc1ccncn1.O=C(O)/C=C\C(=O)O. The molecular formula is C26H20FN3O4. The summed E-state index contributed by atoms with van der Waals surface area (Å²) in [5.41, 5.74) is 10.5. The third kappa shape index (κ3) is 6.33. The van der Waals surface area contributed by atoms with Crippen LogP contribution in [-0.4, -0.2) is 32.1 Å². The third-order valence-corrected chi connectivity index (χ3v) is 4.68. The summed E-state index contributed by atoms with van der Waals surface area (Å²) in [6.07, 6.45) is 8.12. The van der Waals surface area contributed by atoms with Crippen LogP contribution in [0.5, 0.6) is 0 Å². The van der Waals surface area contributed by atoms with Crippen LogP contribution in [0, 0.1) is 5.82 Å². The van der Waals surface area contributed by atoms with Gasteiger partial charge in [0.15, 0.2) is 0 Å². The molecule has 0 aliphatic carbocycles. The summed E-state index contributed by atoms with van der Waals surface area (Å²) in [6.45, 7) is 0. The molecule has 0 aliphatic heterocycles. The van der Waals surface area contributed by atoms with E-state index in [0.29, 0.717) is 23.2 Å². The number of aliphatic carboxylic acids is 2. The molecule has 1 heterocycles. The Labute approximate surface area is 194 Å². The average molecular weight is 457 g/mol. The van der Waals surface area contributed by atoms with Gasteiger partial charge in [-0.1, -0.05) is 48.5 Å². The van der Waals surface area contributed by atoms with Gasteiger partial charge in [0.25, 0.3) is 0 Å². The van der Waals surface area contributed by atoms with E-state index in [1.54, 1.807) is 18.3 Å². The lowest BCUT2D eigenvalue weighted by molar-refractivity contribution is -0.134. The zero-order chi connectivity index (χ0) is 24.5. The van der Waals surface area contributed by atoms with Gasteiger partial charge in [-0.05, 0) is 46.4 Å². The minimum absolute atomic E-state index is 0.221. The number of nitrogens with zero attached hydrogens (tertiary/aromatic N) is 2. The molecule has 4 aromatic rings. The number of halogens is 1. The minimum atomic E-state index is -1.26. The van der Waals surface area contributed by atoms with Gasteiger partial charge in [0.1, 0.15) is 12.1 Å². The Morgan fingerprint density at radius 1 is 0.882 bits per heavy atom. The molecule has 0 amide bonds.